The second kappa shape index (κ2) is 7.59. The highest BCUT2D eigenvalue weighted by atomic mass is 32.1. The Balaban J connectivity index is 2.49. The van der Waals surface area contributed by atoms with E-state index in [9.17, 15) is 14.4 Å². The molecule has 2 unspecified atom stereocenters. The first-order valence-corrected chi connectivity index (χ1v) is 9.19. The van der Waals surface area contributed by atoms with Crippen molar-refractivity contribution >= 4 is 34.1 Å². The Labute approximate surface area is 157 Å². The zero-order valence-electron chi connectivity index (χ0n) is 15.9. The summed E-state index contributed by atoms with van der Waals surface area (Å²) in [6, 6.07) is 2.98. The molecule has 0 aliphatic carbocycles. The maximum atomic E-state index is 13.2. The van der Waals surface area contributed by atoms with Gasteiger partial charge in [0.1, 0.15) is 10.7 Å². The number of hydrogen-bond acceptors (Lipinski definition) is 6. The summed E-state index contributed by atoms with van der Waals surface area (Å²) in [5.41, 5.74) is -0.658. The highest BCUT2D eigenvalue weighted by Crippen LogP contribution is 2.44. The van der Waals surface area contributed by atoms with E-state index >= 15 is 0 Å². The molecule has 142 valence electrons. The van der Waals surface area contributed by atoms with E-state index in [-0.39, 0.29) is 18.2 Å². The van der Waals surface area contributed by atoms with Crippen LogP contribution in [0.4, 0.5) is 5.00 Å². The van der Waals surface area contributed by atoms with Gasteiger partial charge in [0.2, 0.25) is 11.6 Å². The van der Waals surface area contributed by atoms with Crippen LogP contribution >= 0.6 is 11.3 Å². The molecule has 2 heterocycles. The van der Waals surface area contributed by atoms with Gasteiger partial charge in [0.15, 0.2) is 0 Å². The van der Waals surface area contributed by atoms with Gasteiger partial charge in [-0.2, -0.15) is 0 Å². The Morgan fingerprint density at radius 3 is 2.38 bits per heavy atom. The first kappa shape index (κ1) is 20.1. The lowest BCUT2D eigenvalue weighted by molar-refractivity contribution is -0.194. The van der Waals surface area contributed by atoms with Crippen LogP contribution < -0.4 is 4.90 Å². The zero-order valence-corrected chi connectivity index (χ0v) is 16.7. The van der Waals surface area contributed by atoms with E-state index in [1.807, 2.05) is 5.38 Å². The Morgan fingerprint density at radius 1 is 1.35 bits per heavy atom. The number of anilines is 1. The molecule has 0 spiro atoms. The summed E-state index contributed by atoms with van der Waals surface area (Å²) in [6.45, 7) is 8.51. The van der Waals surface area contributed by atoms with E-state index in [2.05, 4.69) is 0 Å². The smallest absolute Gasteiger partial charge is 0.354 e. The number of amides is 2. The third-order valence-corrected chi connectivity index (χ3v) is 5.20. The number of methoxy groups -OCH3 is 1. The van der Waals surface area contributed by atoms with Crippen molar-refractivity contribution < 1.29 is 23.9 Å². The standard InChI is InChI=1S/C18H24N2O5S/c1-7-25-16(22)15(11(2)3)19-12(4)18(24-6,17(19)23)20(13(5)21)14-9-8-10-26-14/h8-10,12H,7H2,1-6H3. The molecular weight excluding hydrogens is 356 g/mol. The van der Waals surface area contributed by atoms with Gasteiger partial charge in [-0.05, 0) is 50.8 Å². The van der Waals surface area contributed by atoms with Gasteiger partial charge in [0.05, 0.1) is 12.6 Å². The molecule has 0 bridgehead atoms. The third-order valence-electron chi connectivity index (χ3n) is 4.35. The molecule has 1 aliphatic rings. The second-order valence-corrected chi connectivity index (χ2v) is 7.05. The van der Waals surface area contributed by atoms with E-state index in [1.54, 1.807) is 39.8 Å². The molecular formula is C18H24N2O5S. The summed E-state index contributed by atoms with van der Waals surface area (Å²) in [6.07, 6.45) is 0. The molecule has 1 aromatic heterocycles. The summed E-state index contributed by atoms with van der Waals surface area (Å²) < 4.78 is 10.7. The largest absolute Gasteiger partial charge is 0.461 e. The van der Waals surface area contributed by atoms with Gasteiger partial charge >= 0.3 is 5.97 Å². The molecule has 26 heavy (non-hydrogen) atoms. The summed E-state index contributed by atoms with van der Waals surface area (Å²) in [5.74, 6) is -1.35. The van der Waals surface area contributed by atoms with Crippen molar-refractivity contribution in [2.45, 2.75) is 46.4 Å². The van der Waals surface area contributed by atoms with Crippen molar-refractivity contribution in [3.8, 4) is 0 Å². The zero-order chi connectivity index (χ0) is 19.6. The summed E-state index contributed by atoms with van der Waals surface area (Å²) in [7, 11) is 1.39. The first-order chi connectivity index (χ1) is 12.2. The van der Waals surface area contributed by atoms with Crippen LogP contribution in [0.3, 0.4) is 0 Å². The maximum absolute atomic E-state index is 13.2. The van der Waals surface area contributed by atoms with Crippen LogP contribution in [0.25, 0.3) is 0 Å². The summed E-state index contributed by atoms with van der Waals surface area (Å²) >= 11 is 1.34. The average molecular weight is 380 g/mol. The number of rotatable bonds is 6. The number of carbonyl (C=O) groups excluding carboxylic acids is 3. The Bertz CT molecular complexity index is 739. The average Bonchev–Trinajstić information content (AvgIpc) is 3.09. The molecule has 0 N–H and O–H groups in total. The van der Waals surface area contributed by atoms with Crippen molar-refractivity contribution in [2.24, 2.45) is 0 Å². The van der Waals surface area contributed by atoms with Gasteiger partial charge in [-0.3, -0.25) is 19.4 Å². The SMILES string of the molecule is CCOC(=O)C(=C(C)C)N1C(=O)C(OC)(N(C(C)=O)c2cccs2)C1C. The van der Waals surface area contributed by atoms with Crippen LogP contribution in [0, 0.1) is 0 Å². The van der Waals surface area contributed by atoms with Crippen molar-refractivity contribution in [3.05, 3.63) is 28.8 Å². The molecule has 1 aromatic rings. The van der Waals surface area contributed by atoms with Gasteiger partial charge in [-0.15, -0.1) is 11.3 Å². The number of carbonyl (C=O) groups is 3. The lowest BCUT2D eigenvalue weighted by Gasteiger charge is -2.57. The topological polar surface area (TPSA) is 76.2 Å². The van der Waals surface area contributed by atoms with E-state index in [1.165, 1.54) is 35.2 Å². The van der Waals surface area contributed by atoms with E-state index in [4.69, 9.17) is 9.47 Å². The fourth-order valence-corrected chi connectivity index (χ4v) is 4.08. The molecule has 0 radical (unpaired) electrons. The molecule has 2 amide bonds. The van der Waals surface area contributed by atoms with Crippen molar-refractivity contribution in [3.63, 3.8) is 0 Å². The van der Waals surface area contributed by atoms with Crippen molar-refractivity contribution in [1.29, 1.82) is 0 Å². The van der Waals surface area contributed by atoms with E-state index in [0.717, 1.165) is 0 Å². The lowest BCUT2D eigenvalue weighted by Crippen LogP contribution is -2.81. The normalized spacial score (nSPS) is 21.8. The van der Waals surface area contributed by atoms with Gasteiger partial charge in [-0.25, -0.2) is 4.79 Å². The highest BCUT2D eigenvalue weighted by Gasteiger charge is 2.66. The molecule has 2 rings (SSSR count). The Kier molecular flexibility index (Phi) is 5.87. The van der Waals surface area contributed by atoms with E-state index < -0.39 is 23.6 Å². The molecule has 8 heteroatoms. The van der Waals surface area contributed by atoms with Gasteiger partial charge in [0, 0.05) is 14.0 Å². The Morgan fingerprint density at radius 2 is 2.00 bits per heavy atom. The predicted octanol–water partition coefficient (Wildman–Crippen LogP) is 2.53. The number of β-lactam (4-membered cyclic amide) rings is 1. The molecule has 7 nitrogen and oxygen atoms in total. The number of ether oxygens (including phenoxy) is 2. The third kappa shape index (κ3) is 2.93. The van der Waals surface area contributed by atoms with Crippen LogP contribution in [-0.2, 0) is 23.9 Å². The number of nitrogens with zero attached hydrogens (tertiary/aromatic N) is 2. The molecule has 1 fully saturated rings. The molecule has 2 atom stereocenters. The lowest BCUT2D eigenvalue weighted by atomic mass is 9.87. The Hall–Kier alpha value is -2.19. The quantitative estimate of drug-likeness (QED) is 0.328. The summed E-state index contributed by atoms with van der Waals surface area (Å²) in [4.78, 5) is 40.6. The monoisotopic (exact) mass is 380 g/mol. The maximum Gasteiger partial charge on any atom is 0.354 e. The van der Waals surface area contributed by atoms with Crippen LogP contribution in [0.2, 0.25) is 0 Å². The minimum absolute atomic E-state index is 0.187. The fourth-order valence-electron chi connectivity index (χ4n) is 3.26. The van der Waals surface area contributed by atoms with Crippen molar-refractivity contribution in [2.75, 3.05) is 18.6 Å². The van der Waals surface area contributed by atoms with E-state index in [0.29, 0.717) is 10.6 Å². The molecule has 0 aromatic carbocycles. The fraction of sp³-hybridized carbons (Fsp3) is 0.500. The summed E-state index contributed by atoms with van der Waals surface area (Å²) in [5, 5.41) is 2.43. The van der Waals surface area contributed by atoms with Crippen LogP contribution in [0.5, 0.6) is 0 Å². The van der Waals surface area contributed by atoms with Gasteiger partial charge in [-0.1, -0.05) is 0 Å². The van der Waals surface area contributed by atoms with Crippen LogP contribution in [0.15, 0.2) is 28.8 Å². The van der Waals surface area contributed by atoms with Gasteiger partial charge in [0.25, 0.3) is 5.91 Å². The number of likely N-dealkylation sites (tertiary alicyclic amines) is 1. The number of esters is 1. The minimum Gasteiger partial charge on any atom is -0.461 e. The van der Waals surface area contributed by atoms with Crippen molar-refractivity contribution in [1.82, 2.24) is 4.90 Å². The number of allylic oxidation sites excluding steroid dienone is 1. The van der Waals surface area contributed by atoms with Gasteiger partial charge < -0.3 is 9.47 Å². The first-order valence-electron chi connectivity index (χ1n) is 8.31. The molecule has 0 saturated carbocycles. The highest BCUT2D eigenvalue weighted by molar-refractivity contribution is 7.14. The molecule has 1 saturated heterocycles. The van der Waals surface area contributed by atoms with Crippen LogP contribution in [-0.4, -0.2) is 48.2 Å². The second-order valence-electron chi connectivity index (χ2n) is 6.13. The molecule has 1 aliphatic heterocycles. The van der Waals surface area contributed by atoms with Crippen LogP contribution in [0.1, 0.15) is 34.6 Å². The minimum atomic E-state index is -1.50. The number of hydrogen-bond donors (Lipinski definition) is 0. The number of thiophene rings is 1. The predicted molar refractivity (Wildman–Crippen MR) is 98.5 cm³/mol.